The van der Waals surface area contributed by atoms with Crippen molar-refractivity contribution in [3.63, 3.8) is 0 Å². The van der Waals surface area contributed by atoms with Gasteiger partial charge in [0.1, 0.15) is 24.5 Å². The second-order valence-corrected chi connectivity index (χ2v) is 10.5. The van der Waals surface area contributed by atoms with E-state index >= 15 is 0 Å². The van der Waals surface area contributed by atoms with Crippen molar-refractivity contribution in [2.45, 2.75) is 33.5 Å². The average molecular weight is 637 g/mol. The highest BCUT2D eigenvalue weighted by Gasteiger charge is 2.37. The number of barbiturate groups is 1. The van der Waals surface area contributed by atoms with Gasteiger partial charge in [-0.2, -0.15) is 0 Å². The molecule has 242 valence electrons. The van der Waals surface area contributed by atoms with Gasteiger partial charge in [-0.1, -0.05) is 61.5 Å². The van der Waals surface area contributed by atoms with Crippen LogP contribution < -0.4 is 33.9 Å². The maximum atomic E-state index is 13.6. The topological polar surface area (TPSA) is 113 Å². The second-order valence-electron chi connectivity index (χ2n) is 10.5. The van der Waals surface area contributed by atoms with Crippen molar-refractivity contribution >= 4 is 29.6 Å². The van der Waals surface area contributed by atoms with Crippen LogP contribution in [-0.2, 0) is 22.8 Å². The Labute approximate surface area is 273 Å². The first-order valence-electron chi connectivity index (χ1n) is 15.3. The fraction of sp³-hybridized carbons (Fsp3) is 0.216. The first-order chi connectivity index (χ1) is 22.9. The van der Waals surface area contributed by atoms with E-state index in [4.69, 9.17) is 23.7 Å². The van der Waals surface area contributed by atoms with Gasteiger partial charge in [-0.25, -0.2) is 9.69 Å². The summed E-state index contributed by atoms with van der Waals surface area (Å²) in [5.74, 6) is 0.871. The summed E-state index contributed by atoms with van der Waals surface area (Å²) in [6.07, 6.45) is 2.21. The molecular formula is C37H36N2O8. The number of nitrogens with zero attached hydrogens (tertiary/aromatic N) is 1. The fourth-order valence-corrected chi connectivity index (χ4v) is 4.83. The van der Waals surface area contributed by atoms with Gasteiger partial charge >= 0.3 is 6.03 Å². The number of carbonyl (C=O) groups is 3. The number of imide groups is 2. The predicted molar refractivity (Wildman–Crippen MR) is 177 cm³/mol. The third-order valence-corrected chi connectivity index (χ3v) is 7.13. The Bertz CT molecular complexity index is 1770. The molecule has 10 nitrogen and oxygen atoms in total. The molecule has 0 radical (unpaired) electrons. The zero-order chi connectivity index (χ0) is 33.2. The number of nitrogens with one attached hydrogen (secondary N) is 1. The van der Waals surface area contributed by atoms with Crippen LogP contribution in [0.3, 0.4) is 0 Å². The fourth-order valence-electron chi connectivity index (χ4n) is 4.83. The van der Waals surface area contributed by atoms with Crippen molar-refractivity contribution in [2.75, 3.05) is 25.2 Å². The van der Waals surface area contributed by atoms with Crippen molar-refractivity contribution in [3.8, 4) is 28.7 Å². The number of ether oxygens (including phenoxy) is 5. The summed E-state index contributed by atoms with van der Waals surface area (Å²) in [4.78, 5) is 40.2. The van der Waals surface area contributed by atoms with Gasteiger partial charge in [0.25, 0.3) is 11.8 Å². The first kappa shape index (κ1) is 32.6. The van der Waals surface area contributed by atoms with Crippen molar-refractivity contribution in [3.05, 3.63) is 113 Å². The van der Waals surface area contributed by atoms with Gasteiger partial charge in [-0.05, 0) is 60.9 Å². The molecule has 0 saturated carbocycles. The maximum Gasteiger partial charge on any atom is 0.335 e. The van der Waals surface area contributed by atoms with E-state index in [2.05, 4.69) is 5.32 Å². The van der Waals surface area contributed by atoms with Gasteiger partial charge in [0.2, 0.25) is 0 Å². The molecule has 1 heterocycles. The van der Waals surface area contributed by atoms with Gasteiger partial charge in [-0.3, -0.25) is 14.9 Å². The van der Waals surface area contributed by atoms with E-state index < -0.39 is 17.8 Å². The predicted octanol–water partition coefficient (Wildman–Crippen LogP) is 6.71. The zero-order valence-electron chi connectivity index (χ0n) is 26.5. The number of anilines is 1. The molecule has 0 bridgehead atoms. The average Bonchev–Trinajstić information content (AvgIpc) is 3.09. The smallest absolute Gasteiger partial charge is 0.335 e. The van der Waals surface area contributed by atoms with Crippen LogP contribution in [0.2, 0.25) is 0 Å². The number of para-hydroxylation sites is 1. The van der Waals surface area contributed by atoms with Crippen LogP contribution in [0.25, 0.3) is 6.08 Å². The minimum atomic E-state index is -0.868. The van der Waals surface area contributed by atoms with Gasteiger partial charge in [0.05, 0.1) is 26.0 Å². The third kappa shape index (κ3) is 7.91. The van der Waals surface area contributed by atoms with E-state index in [0.29, 0.717) is 54.1 Å². The first-order valence-corrected chi connectivity index (χ1v) is 15.3. The Morgan fingerprint density at radius 3 is 2.15 bits per heavy atom. The lowest BCUT2D eigenvalue weighted by Crippen LogP contribution is -2.54. The minimum Gasteiger partial charge on any atom is -0.493 e. The SMILES string of the molecule is CCCOc1ccc(N2C(=O)NC(=O)/C(=C/c3ccccc3OCc3ccc(OCc4ccccc4)c(OCC)c3)C2=O)cc1OC. The van der Waals surface area contributed by atoms with Gasteiger partial charge < -0.3 is 23.7 Å². The van der Waals surface area contributed by atoms with Crippen LogP contribution in [0, 0.1) is 0 Å². The second kappa shape index (κ2) is 15.5. The van der Waals surface area contributed by atoms with Crippen molar-refractivity contribution < 1.29 is 38.1 Å². The molecule has 10 heteroatoms. The molecule has 1 aliphatic rings. The Balaban J connectivity index is 1.34. The number of methoxy groups -OCH3 is 1. The molecule has 5 rings (SSSR count). The van der Waals surface area contributed by atoms with Gasteiger partial charge in [0, 0.05) is 11.6 Å². The van der Waals surface area contributed by atoms with E-state index in [-0.39, 0.29) is 17.9 Å². The number of hydrogen-bond acceptors (Lipinski definition) is 8. The Kier molecular flexibility index (Phi) is 10.7. The number of amides is 4. The van der Waals surface area contributed by atoms with E-state index in [0.717, 1.165) is 22.4 Å². The summed E-state index contributed by atoms with van der Waals surface area (Å²) < 4.78 is 29.1. The highest BCUT2D eigenvalue weighted by molar-refractivity contribution is 6.39. The summed E-state index contributed by atoms with van der Waals surface area (Å²) >= 11 is 0. The van der Waals surface area contributed by atoms with Crippen molar-refractivity contribution in [1.82, 2.24) is 5.32 Å². The van der Waals surface area contributed by atoms with Gasteiger partial charge in [0.15, 0.2) is 23.0 Å². The van der Waals surface area contributed by atoms with Crippen LogP contribution in [0.1, 0.15) is 37.0 Å². The van der Waals surface area contributed by atoms with Crippen molar-refractivity contribution in [1.29, 1.82) is 0 Å². The normalized spacial score (nSPS) is 13.7. The van der Waals surface area contributed by atoms with Crippen LogP contribution >= 0.6 is 0 Å². The lowest BCUT2D eigenvalue weighted by atomic mass is 10.1. The maximum absolute atomic E-state index is 13.6. The quantitative estimate of drug-likeness (QED) is 0.120. The third-order valence-electron chi connectivity index (χ3n) is 7.13. The van der Waals surface area contributed by atoms with E-state index in [1.165, 1.54) is 19.3 Å². The molecule has 1 N–H and O–H groups in total. The van der Waals surface area contributed by atoms with Crippen LogP contribution in [0.4, 0.5) is 10.5 Å². The molecule has 1 saturated heterocycles. The molecule has 0 atom stereocenters. The van der Waals surface area contributed by atoms with Crippen LogP contribution in [0.15, 0.2) is 96.6 Å². The van der Waals surface area contributed by atoms with Crippen LogP contribution in [0.5, 0.6) is 28.7 Å². The van der Waals surface area contributed by atoms with E-state index in [1.807, 2.05) is 62.4 Å². The summed E-state index contributed by atoms with van der Waals surface area (Å²) in [5.41, 5.74) is 2.34. The number of rotatable bonds is 14. The van der Waals surface area contributed by atoms with E-state index in [9.17, 15) is 14.4 Å². The summed E-state index contributed by atoms with van der Waals surface area (Å²) in [5, 5.41) is 2.26. The number of urea groups is 1. The standard InChI is InChI=1S/C37H36N2O8/c1-4-19-45-31-18-16-28(22-33(31)43-3)39-36(41)29(35(40)38-37(39)42)21-27-13-9-10-14-30(27)46-24-26-15-17-32(34(20-26)44-5-2)47-23-25-11-7-6-8-12-25/h6-18,20-22H,4-5,19,23-24H2,1-3H3,(H,38,40,42)/b29-21-. The summed E-state index contributed by atoms with van der Waals surface area (Å²) in [6, 6.07) is 26.3. The molecule has 0 spiro atoms. The highest BCUT2D eigenvalue weighted by Crippen LogP contribution is 2.34. The lowest BCUT2D eigenvalue weighted by molar-refractivity contribution is -0.122. The molecule has 1 aliphatic heterocycles. The van der Waals surface area contributed by atoms with Gasteiger partial charge in [-0.15, -0.1) is 0 Å². The molecule has 0 unspecified atom stereocenters. The zero-order valence-corrected chi connectivity index (χ0v) is 26.5. The Hall–Kier alpha value is -5.77. The Morgan fingerprint density at radius 2 is 1.38 bits per heavy atom. The molecule has 4 amide bonds. The minimum absolute atomic E-state index is 0.177. The largest absolute Gasteiger partial charge is 0.493 e. The summed E-state index contributed by atoms with van der Waals surface area (Å²) in [7, 11) is 1.47. The lowest BCUT2D eigenvalue weighted by Gasteiger charge is -2.27. The molecular weight excluding hydrogens is 600 g/mol. The highest BCUT2D eigenvalue weighted by atomic mass is 16.5. The molecule has 4 aromatic rings. The van der Waals surface area contributed by atoms with Crippen molar-refractivity contribution in [2.24, 2.45) is 0 Å². The molecule has 4 aromatic carbocycles. The van der Waals surface area contributed by atoms with Crippen LogP contribution in [-0.4, -0.2) is 38.2 Å². The Morgan fingerprint density at radius 1 is 0.681 bits per heavy atom. The monoisotopic (exact) mass is 636 g/mol. The molecule has 1 fully saturated rings. The molecule has 0 aliphatic carbocycles. The number of benzene rings is 4. The number of carbonyl (C=O) groups excluding carboxylic acids is 3. The van der Waals surface area contributed by atoms with E-state index in [1.54, 1.807) is 36.4 Å². The molecule has 47 heavy (non-hydrogen) atoms. The summed E-state index contributed by atoms with van der Waals surface area (Å²) in [6.45, 7) is 5.39. The molecule has 0 aromatic heterocycles. The number of hydrogen-bond donors (Lipinski definition) is 1.